The van der Waals surface area contributed by atoms with Gasteiger partial charge in [0.1, 0.15) is 0 Å². The van der Waals surface area contributed by atoms with E-state index in [4.69, 9.17) is 0 Å². The van der Waals surface area contributed by atoms with Gasteiger partial charge in [-0.3, -0.25) is 4.79 Å². The van der Waals surface area contributed by atoms with E-state index >= 15 is 0 Å². The van der Waals surface area contributed by atoms with Crippen LogP contribution in [0.1, 0.15) is 28.2 Å². The number of hydrogen-bond acceptors (Lipinski definition) is 3. The van der Waals surface area contributed by atoms with Crippen LogP contribution in [0.4, 0.5) is 0 Å². The van der Waals surface area contributed by atoms with Gasteiger partial charge in [-0.25, -0.2) is 4.68 Å². The first-order valence-corrected chi connectivity index (χ1v) is 8.83. The Morgan fingerprint density at radius 2 is 1.62 bits per heavy atom. The highest BCUT2D eigenvalue weighted by Gasteiger charge is 2.17. The van der Waals surface area contributed by atoms with Crippen LogP contribution in [-0.2, 0) is 6.42 Å². The van der Waals surface area contributed by atoms with Crippen molar-refractivity contribution in [2.75, 3.05) is 0 Å². The number of aromatic nitrogens is 2. The second kappa shape index (κ2) is 7.49. The van der Waals surface area contributed by atoms with Crippen molar-refractivity contribution in [3.05, 3.63) is 77.6 Å². The summed E-state index contributed by atoms with van der Waals surface area (Å²) in [7, 11) is 0. The lowest BCUT2D eigenvalue weighted by Gasteiger charge is -2.05. The zero-order valence-electron chi connectivity index (χ0n) is 13.9. The summed E-state index contributed by atoms with van der Waals surface area (Å²) in [4.78, 5) is 14.8. The van der Waals surface area contributed by atoms with Crippen LogP contribution >= 0.6 is 11.8 Å². The van der Waals surface area contributed by atoms with Crippen LogP contribution < -0.4 is 0 Å². The van der Waals surface area contributed by atoms with Crippen molar-refractivity contribution in [2.24, 2.45) is 0 Å². The molecule has 0 aliphatic carbocycles. The van der Waals surface area contributed by atoms with Gasteiger partial charge < -0.3 is 0 Å². The zero-order chi connectivity index (χ0) is 16.9. The number of carbonyl (C=O) groups excluding carboxylic acids is 1. The van der Waals surface area contributed by atoms with Crippen molar-refractivity contribution in [2.45, 2.75) is 36.5 Å². The van der Waals surface area contributed by atoms with Crippen molar-refractivity contribution in [3.8, 4) is 0 Å². The third-order valence-corrected chi connectivity index (χ3v) is 5.20. The number of hydrogen-bond donors (Lipinski definition) is 0. The normalized spacial score (nSPS) is 10.8. The molecule has 1 aromatic heterocycles. The lowest BCUT2D eigenvalue weighted by atomic mass is 10.1. The van der Waals surface area contributed by atoms with Crippen molar-refractivity contribution in [1.29, 1.82) is 0 Å². The Balaban J connectivity index is 1.74. The van der Waals surface area contributed by atoms with Gasteiger partial charge >= 0.3 is 0 Å². The van der Waals surface area contributed by atoms with Gasteiger partial charge in [-0.05, 0) is 38.0 Å². The van der Waals surface area contributed by atoms with Crippen LogP contribution in [0.3, 0.4) is 0 Å². The predicted molar refractivity (Wildman–Crippen MR) is 97.7 cm³/mol. The fourth-order valence-electron chi connectivity index (χ4n) is 2.63. The summed E-state index contributed by atoms with van der Waals surface area (Å²) >= 11 is 1.66. The smallest absolute Gasteiger partial charge is 0.247 e. The van der Waals surface area contributed by atoms with Gasteiger partial charge in [0, 0.05) is 11.3 Å². The maximum Gasteiger partial charge on any atom is 0.247 e. The Labute approximate surface area is 146 Å². The van der Waals surface area contributed by atoms with E-state index in [0.29, 0.717) is 6.42 Å². The van der Waals surface area contributed by atoms with E-state index in [2.05, 4.69) is 17.2 Å². The zero-order valence-corrected chi connectivity index (χ0v) is 14.7. The SMILES string of the molecule is Cc1nn(C(=O)CCc2ccccc2)c(C)c1Sc1ccccc1. The van der Waals surface area contributed by atoms with E-state index in [1.54, 1.807) is 16.4 Å². The van der Waals surface area contributed by atoms with Gasteiger partial charge in [0.25, 0.3) is 0 Å². The lowest BCUT2D eigenvalue weighted by Crippen LogP contribution is -2.14. The molecule has 1 heterocycles. The van der Waals surface area contributed by atoms with E-state index in [1.807, 2.05) is 62.4 Å². The van der Waals surface area contributed by atoms with Gasteiger partial charge in [0.15, 0.2) is 0 Å². The Kier molecular flexibility index (Phi) is 5.16. The summed E-state index contributed by atoms with van der Waals surface area (Å²) < 4.78 is 1.56. The van der Waals surface area contributed by atoms with E-state index in [0.717, 1.165) is 27.6 Å². The van der Waals surface area contributed by atoms with Crippen LogP contribution in [0, 0.1) is 13.8 Å². The van der Waals surface area contributed by atoms with Gasteiger partial charge in [-0.1, -0.05) is 60.3 Å². The van der Waals surface area contributed by atoms with E-state index in [9.17, 15) is 4.79 Å². The van der Waals surface area contributed by atoms with Crippen LogP contribution in [0.15, 0.2) is 70.5 Å². The minimum Gasteiger partial charge on any atom is -0.273 e. The first kappa shape index (κ1) is 16.5. The summed E-state index contributed by atoms with van der Waals surface area (Å²) in [5.74, 6) is 0.0411. The highest BCUT2D eigenvalue weighted by Crippen LogP contribution is 2.32. The monoisotopic (exact) mass is 336 g/mol. The Morgan fingerprint density at radius 1 is 1.00 bits per heavy atom. The molecule has 0 fully saturated rings. The van der Waals surface area contributed by atoms with Gasteiger partial charge in [-0.15, -0.1) is 0 Å². The minimum atomic E-state index is 0.0411. The third kappa shape index (κ3) is 3.77. The second-order valence-electron chi connectivity index (χ2n) is 5.71. The van der Waals surface area contributed by atoms with Crippen molar-refractivity contribution in [3.63, 3.8) is 0 Å². The van der Waals surface area contributed by atoms with Crippen molar-refractivity contribution >= 4 is 17.7 Å². The standard InChI is InChI=1S/C20H20N2OS/c1-15-20(24-18-11-7-4-8-12-18)16(2)22(21-15)19(23)14-13-17-9-5-3-6-10-17/h3-12H,13-14H2,1-2H3. The van der Waals surface area contributed by atoms with Gasteiger partial charge in [-0.2, -0.15) is 5.10 Å². The molecule has 0 saturated carbocycles. The summed E-state index contributed by atoms with van der Waals surface area (Å²) in [6.45, 7) is 3.92. The maximum absolute atomic E-state index is 12.5. The van der Waals surface area contributed by atoms with Gasteiger partial charge in [0.2, 0.25) is 5.91 Å². The van der Waals surface area contributed by atoms with E-state index in [-0.39, 0.29) is 5.91 Å². The molecule has 3 aromatic rings. The molecule has 3 nitrogen and oxygen atoms in total. The summed E-state index contributed by atoms with van der Waals surface area (Å²) in [6.07, 6.45) is 1.20. The minimum absolute atomic E-state index is 0.0411. The third-order valence-electron chi connectivity index (χ3n) is 3.89. The van der Waals surface area contributed by atoms with Crippen LogP contribution in [0.5, 0.6) is 0 Å². The van der Waals surface area contributed by atoms with Crippen LogP contribution in [-0.4, -0.2) is 15.7 Å². The molecule has 0 N–H and O–H groups in total. The van der Waals surface area contributed by atoms with Crippen molar-refractivity contribution < 1.29 is 4.79 Å². The maximum atomic E-state index is 12.5. The predicted octanol–water partition coefficient (Wildman–Crippen LogP) is 4.92. The lowest BCUT2D eigenvalue weighted by molar-refractivity contribution is 0.0884. The van der Waals surface area contributed by atoms with Crippen LogP contribution in [0.2, 0.25) is 0 Å². The first-order chi connectivity index (χ1) is 11.6. The molecule has 0 radical (unpaired) electrons. The average Bonchev–Trinajstić information content (AvgIpc) is 2.90. The Hall–Kier alpha value is -2.33. The number of rotatable bonds is 5. The highest BCUT2D eigenvalue weighted by atomic mass is 32.2. The highest BCUT2D eigenvalue weighted by molar-refractivity contribution is 7.99. The van der Waals surface area contributed by atoms with Crippen LogP contribution in [0.25, 0.3) is 0 Å². The summed E-state index contributed by atoms with van der Waals surface area (Å²) in [5, 5.41) is 4.46. The number of carbonyl (C=O) groups is 1. The molecule has 3 rings (SSSR count). The molecular formula is C20H20N2OS. The summed E-state index contributed by atoms with van der Waals surface area (Å²) in [6, 6.07) is 20.2. The molecule has 122 valence electrons. The largest absolute Gasteiger partial charge is 0.273 e. The topological polar surface area (TPSA) is 34.9 Å². The van der Waals surface area contributed by atoms with E-state index in [1.165, 1.54) is 5.56 Å². The number of aryl methyl sites for hydroxylation is 2. The fraction of sp³-hybridized carbons (Fsp3) is 0.200. The molecule has 0 atom stereocenters. The molecule has 0 aliphatic heterocycles. The molecular weight excluding hydrogens is 316 g/mol. The molecule has 4 heteroatoms. The summed E-state index contributed by atoms with van der Waals surface area (Å²) in [5.41, 5.74) is 2.99. The molecule has 0 amide bonds. The number of benzene rings is 2. The molecule has 0 spiro atoms. The Bertz CT molecular complexity index is 826. The quantitative estimate of drug-likeness (QED) is 0.663. The first-order valence-electron chi connectivity index (χ1n) is 8.01. The Morgan fingerprint density at radius 3 is 2.29 bits per heavy atom. The average molecular weight is 336 g/mol. The fourth-order valence-corrected chi connectivity index (χ4v) is 3.58. The molecule has 0 bridgehead atoms. The molecule has 0 aliphatic rings. The van der Waals surface area contributed by atoms with E-state index < -0.39 is 0 Å². The van der Waals surface area contributed by atoms with Crippen molar-refractivity contribution in [1.82, 2.24) is 9.78 Å². The molecule has 0 unspecified atom stereocenters. The molecule has 0 saturated heterocycles. The number of nitrogens with zero attached hydrogens (tertiary/aromatic N) is 2. The van der Waals surface area contributed by atoms with Gasteiger partial charge in [0.05, 0.1) is 16.3 Å². The second-order valence-corrected chi connectivity index (χ2v) is 6.79. The molecule has 24 heavy (non-hydrogen) atoms. The molecule has 2 aromatic carbocycles.